The highest BCUT2D eigenvalue weighted by atomic mass is 127. The van der Waals surface area contributed by atoms with Crippen molar-refractivity contribution < 1.29 is 0 Å². The lowest BCUT2D eigenvalue weighted by atomic mass is 10.3. The number of azo groups is 1. The molecule has 2 rings (SSSR count). The van der Waals surface area contributed by atoms with E-state index in [1.807, 2.05) is 49.5 Å². The summed E-state index contributed by atoms with van der Waals surface area (Å²) in [5.41, 5.74) is 1.95. The van der Waals surface area contributed by atoms with Gasteiger partial charge in [-0.1, -0.05) is 0 Å². The van der Waals surface area contributed by atoms with E-state index < -0.39 is 0 Å². The van der Waals surface area contributed by atoms with Gasteiger partial charge in [0.15, 0.2) is 0 Å². The molecule has 0 spiro atoms. The predicted molar refractivity (Wildman–Crippen MR) is 84.2 cm³/mol. The molecule has 0 saturated carbocycles. The highest BCUT2D eigenvalue weighted by Crippen LogP contribution is 2.20. The highest BCUT2D eigenvalue weighted by molar-refractivity contribution is 14.2. The average Bonchev–Trinajstić information content (AvgIpc) is 2.40. The first kappa shape index (κ1) is 13.0. The van der Waals surface area contributed by atoms with Crippen LogP contribution in [0.4, 0.5) is 11.4 Å². The summed E-state index contributed by atoms with van der Waals surface area (Å²) in [5, 5.41) is 11.7. The second-order valence-electron chi connectivity index (χ2n) is 3.78. The van der Waals surface area contributed by atoms with E-state index in [1.165, 1.54) is 0 Å². The Hall–Kier alpha value is -1.44. The topological polar surface area (TPSA) is 43.2 Å². The SMILES string of the molecule is CNc1ccc(N=NC2=IN(C)C=CN2C)cc1. The van der Waals surface area contributed by atoms with Gasteiger partial charge in [0.2, 0.25) is 3.76 Å². The third-order valence-electron chi connectivity index (χ3n) is 2.40. The first-order valence-corrected chi connectivity index (χ1v) is 7.59. The van der Waals surface area contributed by atoms with Crippen molar-refractivity contribution in [1.29, 1.82) is 0 Å². The fourth-order valence-corrected chi connectivity index (χ4v) is 3.03. The van der Waals surface area contributed by atoms with Crippen molar-refractivity contribution in [1.82, 2.24) is 8.01 Å². The van der Waals surface area contributed by atoms with Gasteiger partial charge in [-0.25, -0.2) is 0 Å². The van der Waals surface area contributed by atoms with Crippen molar-refractivity contribution in [3.8, 4) is 0 Å². The van der Waals surface area contributed by atoms with Crippen LogP contribution in [0.25, 0.3) is 0 Å². The summed E-state index contributed by atoms with van der Waals surface area (Å²) < 4.78 is 3.22. The van der Waals surface area contributed by atoms with Crippen LogP contribution in [0.2, 0.25) is 0 Å². The van der Waals surface area contributed by atoms with Crippen LogP contribution in [0.1, 0.15) is 0 Å². The van der Waals surface area contributed by atoms with Gasteiger partial charge in [0.25, 0.3) is 0 Å². The standard InChI is InChI=1S/C12H16IN5/c1-14-10-4-6-11(7-5-10)15-16-12-13-18(3)9-8-17(12)2/h4-9,14H,1-3H3. The number of halogens is 1. The fourth-order valence-electron chi connectivity index (χ4n) is 1.34. The van der Waals surface area contributed by atoms with Gasteiger partial charge in [0, 0.05) is 39.2 Å². The molecule has 5 nitrogen and oxygen atoms in total. The molecular formula is C12H16IN5. The van der Waals surface area contributed by atoms with Gasteiger partial charge in [0.1, 0.15) is 0 Å². The summed E-state index contributed by atoms with van der Waals surface area (Å²) in [5.74, 6) is 0. The average molecular weight is 357 g/mol. The highest BCUT2D eigenvalue weighted by Gasteiger charge is 2.07. The van der Waals surface area contributed by atoms with Crippen molar-refractivity contribution in [3.05, 3.63) is 36.7 Å². The first-order valence-electron chi connectivity index (χ1n) is 5.54. The molecule has 0 fully saturated rings. The van der Waals surface area contributed by atoms with Crippen LogP contribution in [0.15, 0.2) is 46.9 Å². The molecule has 6 heteroatoms. The van der Waals surface area contributed by atoms with Crippen LogP contribution in [-0.2, 0) is 0 Å². The lowest BCUT2D eigenvalue weighted by Crippen LogP contribution is -2.21. The van der Waals surface area contributed by atoms with Gasteiger partial charge in [0.05, 0.1) is 26.7 Å². The molecule has 0 aliphatic carbocycles. The molecule has 1 heterocycles. The molecule has 0 saturated heterocycles. The van der Waals surface area contributed by atoms with E-state index in [0.717, 1.165) is 15.1 Å². The molecule has 96 valence electrons. The van der Waals surface area contributed by atoms with Gasteiger partial charge in [-0.2, -0.15) is 0 Å². The van der Waals surface area contributed by atoms with Gasteiger partial charge in [-0.05, 0) is 24.3 Å². The summed E-state index contributed by atoms with van der Waals surface area (Å²) in [6.45, 7) is 0. The summed E-state index contributed by atoms with van der Waals surface area (Å²) in [6, 6.07) is 7.89. The van der Waals surface area contributed by atoms with E-state index >= 15 is 0 Å². The number of benzene rings is 1. The second-order valence-corrected chi connectivity index (χ2v) is 6.75. The van der Waals surface area contributed by atoms with Gasteiger partial charge in [-0.15, -0.1) is 10.2 Å². The Balaban J connectivity index is 2.10. The zero-order chi connectivity index (χ0) is 13.0. The summed E-state index contributed by atoms with van der Waals surface area (Å²) in [4.78, 5) is 2.03. The maximum Gasteiger partial charge on any atom is 0.203 e. The Labute approximate surface area is 117 Å². The summed E-state index contributed by atoms with van der Waals surface area (Å²) in [6.07, 6.45) is 4.07. The van der Waals surface area contributed by atoms with Crippen molar-refractivity contribution in [2.45, 2.75) is 0 Å². The molecule has 0 aromatic heterocycles. The van der Waals surface area contributed by atoms with Crippen molar-refractivity contribution in [2.24, 2.45) is 10.2 Å². The predicted octanol–water partition coefficient (Wildman–Crippen LogP) is 3.13. The van der Waals surface area contributed by atoms with Gasteiger partial charge in [-0.3, -0.25) is 0 Å². The maximum atomic E-state index is 4.34. The van der Waals surface area contributed by atoms with E-state index in [9.17, 15) is 0 Å². The minimum absolute atomic E-state index is 0.246. The van der Waals surface area contributed by atoms with Crippen LogP contribution in [0, 0.1) is 0 Å². The Morgan fingerprint density at radius 3 is 2.44 bits per heavy atom. The Morgan fingerprint density at radius 1 is 1.06 bits per heavy atom. The molecule has 1 aromatic carbocycles. The normalized spacial score (nSPS) is 15.6. The Bertz CT molecular complexity index is 492. The monoisotopic (exact) mass is 357 g/mol. The zero-order valence-electron chi connectivity index (χ0n) is 10.6. The zero-order valence-corrected chi connectivity index (χ0v) is 12.8. The quantitative estimate of drug-likeness (QED) is 0.514. The molecule has 0 unspecified atom stereocenters. The number of hydrogen-bond donors (Lipinski definition) is 1. The number of nitrogens with one attached hydrogen (secondary N) is 1. The molecule has 0 amide bonds. The largest absolute Gasteiger partial charge is 0.388 e. The summed E-state index contributed by atoms with van der Waals surface area (Å²) >= 11 is -0.246. The van der Waals surface area contributed by atoms with Crippen LogP contribution in [0.5, 0.6) is 0 Å². The van der Waals surface area contributed by atoms with Gasteiger partial charge >= 0.3 is 0 Å². The molecular weight excluding hydrogens is 341 g/mol. The molecule has 1 aliphatic rings. The number of nitrogens with zero attached hydrogens (tertiary/aromatic N) is 4. The molecule has 0 bridgehead atoms. The minimum atomic E-state index is -0.246. The number of hydrogen-bond acceptors (Lipinski definition) is 5. The lowest BCUT2D eigenvalue weighted by Gasteiger charge is -2.20. The number of anilines is 1. The third kappa shape index (κ3) is 3.28. The molecule has 1 aliphatic heterocycles. The van der Waals surface area contributed by atoms with Crippen molar-refractivity contribution in [3.63, 3.8) is 0 Å². The van der Waals surface area contributed by atoms with Gasteiger partial charge < -0.3 is 13.3 Å². The van der Waals surface area contributed by atoms with E-state index in [-0.39, 0.29) is 21.0 Å². The molecule has 18 heavy (non-hydrogen) atoms. The fraction of sp³-hybridized carbons (Fsp3) is 0.250. The van der Waals surface area contributed by atoms with Crippen LogP contribution in [0.3, 0.4) is 0 Å². The van der Waals surface area contributed by atoms with E-state index in [1.54, 1.807) is 0 Å². The maximum absolute atomic E-state index is 4.34. The van der Waals surface area contributed by atoms with Crippen molar-refractivity contribution >= 4 is 36.1 Å². The second kappa shape index (κ2) is 5.94. The van der Waals surface area contributed by atoms with Crippen LogP contribution in [-0.4, -0.2) is 32.9 Å². The molecule has 1 aromatic rings. The molecule has 0 atom stereocenters. The van der Waals surface area contributed by atoms with E-state index in [0.29, 0.717) is 0 Å². The Kier molecular flexibility index (Phi) is 4.29. The lowest BCUT2D eigenvalue weighted by molar-refractivity contribution is 0.663. The Morgan fingerprint density at radius 2 is 1.78 bits per heavy atom. The third-order valence-corrected chi connectivity index (χ3v) is 4.89. The molecule has 0 radical (unpaired) electrons. The summed E-state index contributed by atoms with van der Waals surface area (Å²) in [7, 11) is 5.96. The first-order chi connectivity index (χ1) is 8.69. The van der Waals surface area contributed by atoms with Crippen LogP contribution >= 0.6 is 21.0 Å². The van der Waals surface area contributed by atoms with E-state index in [2.05, 4.69) is 31.9 Å². The smallest absolute Gasteiger partial charge is 0.203 e. The molecule has 1 N–H and O–H groups in total. The van der Waals surface area contributed by atoms with Crippen molar-refractivity contribution in [2.75, 3.05) is 26.5 Å². The van der Waals surface area contributed by atoms with Crippen LogP contribution < -0.4 is 5.32 Å². The minimum Gasteiger partial charge on any atom is -0.388 e. The van der Waals surface area contributed by atoms with E-state index in [4.69, 9.17) is 0 Å². The number of rotatable bonds is 3.